The zero-order chi connectivity index (χ0) is 16.4. The molecule has 0 saturated carbocycles. The number of rotatable bonds is 4. The number of amides is 1. The molecule has 2 heterocycles. The second-order valence-electron chi connectivity index (χ2n) is 5.27. The van der Waals surface area contributed by atoms with E-state index in [0.29, 0.717) is 13.0 Å². The third-order valence-corrected chi connectivity index (χ3v) is 4.00. The number of carbonyl (C=O) groups excluding carboxylic acids is 1. The number of carbonyl (C=O) groups is 1. The maximum atomic E-state index is 13.2. The topological polar surface area (TPSA) is 46.9 Å². The summed E-state index contributed by atoms with van der Waals surface area (Å²) in [5.74, 6) is -0.868. The third-order valence-electron chi connectivity index (χ3n) is 3.67. The molecule has 23 heavy (non-hydrogen) atoms. The largest absolute Gasteiger partial charge is 0.352 e. The highest BCUT2D eigenvalue weighted by molar-refractivity contribution is 6.33. The number of benzene rings is 1. The van der Waals surface area contributed by atoms with Crippen LogP contribution in [0.1, 0.15) is 15.9 Å². The average Bonchev–Trinajstić information content (AvgIpc) is 2.86. The second kappa shape index (κ2) is 6.38. The molecule has 0 saturated heterocycles. The molecule has 3 rings (SSSR count). The standard InChI is InChI=1S/C17H15ClFN3O/c1-22-10-11(13-3-2-7-20-16(13)22)6-8-21-17(23)14-9-12(19)4-5-15(14)18/h2-5,7,9-10H,6,8H2,1H3,(H,21,23). The van der Waals surface area contributed by atoms with Crippen molar-refractivity contribution in [1.29, 1.82) is 0 Å². The molecule has 1 amide bonds. The van der Waals surface area contributed by atoms with Gasteiger partial charge in [-0.25, -0.2) is 9.37 Å². The lowest BCUT2D eigenvalue weighted by Crippen LogP contribution is -2.26. The van der Waals surface area contributed by atoms with E-state index in [2.05, 4.69) is 10.3 Å². The highest BCUT2D eigenvalue weighted by atomic mass is 35.5. The predicted molar refractivity (Wildman–Crippen MR) is 88.2 cm³/mol. The van der Waals surface area contributed by atoms with E-state index >= 15 is 0 Å². The molecule has 0 aliphatic carbocycles. The fraction of sp³-hybridized carbons (Fsp3) is 0.176. The fourth-order valence-electron chi connectivity index (χ4n) is 2.57. The zero-order valence-electron chi connectivity index (χ0n) is 12.5. The zero-order valence-corrected chi connectivity index (χ0v) is 13.3. The molecule has 0 radical (unpaired) electrons. The molecule has 3 aromatic rings. The molecule has 2 aromatic heterocycles. The van der Waals surface area contributed by atoms with E-state index in [1.54, 1.807) is 6.20 Å². The molecule has 0 atom stereocenters. The third kappa shape index (κ3) is 3.19. The van der Waals surface area contributed by atoms with Gasteiger partial charge in [0.05, 0.1) is 10.6 Å². The lowest BCUT2D eigenvalue weighted by atomic mass is 10.1. The van der Waals surface area contributed by atoms with Crippen LogP contribution in [-0.4, -0.2) is 22.0 Å². The van der Waals surface area contributed by atoms with Gasteiger partial charge in [0.15, 0.2) is 0 Å². The van der Waals surface area contributed by atoms with Crippen molar-refractivity contribution in [3.8, 4) is 0 Å². The molecular weight excluding hydrogens is 317 g/mol. The minimum absolute atomic E-state index is 0.145. The summed E-state index contributed by atoms with van der Waals surface area (Å²) < 4.78 is 15.2. The molecule has 6 heteroatoms. The smallest absolute Gasteiger partial charge is 0.252 e. The van der Waals surface area contributed by atoms with Crippen molar-refractivity contribution in [3.05, 3.63) is 64.7 Å². The van der Waals surface area contributed by atoms with E-state index in [9.17, 15) is 9.18 Å². The monoisotopic (exact) mass is 331 g/mol. The SMILES string of the molecule is Cn1cc(CCNC(=O)c2cc(F)ccc2Cl)c2cccnc21. The van der Waals surface area contributed by atoms with Gasteiger partial charge in [-0.2, -0.15) is 0 Å². The van der Waals surface area contributed by atoms with Crippen molar-refractivity contribution in [2.75, 3.05) is 6.54 Å². The Kier molecular flexibility index (Phi) is 4.30. The number of halogens is 2. The van der Waals surface area contributed by atoms with Gasteiger partial charge in [0.2, 0.25) is 0 Å². The summed E-state index contributed by atoms with van der Waals surface area (Å²) in [4.78, 5) is 16.4. The Morgan fingerprint density at radius 2 is 2.22 bits per heavy atom. The first-order chi connectivity index (χ1) is 11.1. The van der Waals surface area contributed by atoms with E-state index in [1.165, 1.54) is 12.1 Å². The van der Waals surface area contributed by atoms with Crippen molar-refractivity contribution in [2.24, 2.45) is 7.05 Å². The van der Waals surface area contributed by atoms with Crippen molar-refractivity contribution in [3.63, 3.8) is 0 Å². The van der Waals surface area contributed by atoms with Crippen LogP contribution in [0.5, 0.6) is 0 Å². The van der Waals surface area contributed by atoms with Crippen LogP contribution in [0.25, 0.3) is 11.0 Å². The molecule has 1 N–H and O–H groups in total. The van der Waals surface area contributed by atoms with Crippen LogP contribution in [0, 0.1) is 5.82 Å². The first kappa shape index (κ1) is 15.5. The molecule has 1 aromatic carbocycles. The Morgan fingerprint density at radius 3 is 3.04 bits per heavy atom. The number of nitrogens with zero attached hydrogens (tertiary/aromatic N) is 2. The molecule has 0 aliphatic heterocycles. The Morgan fingerprint density at radius 1 is 1.39 bits per heavy atom. The van der Waals surface area contributed by atoms with Crippen LogP contribution in [0.3, 0.4) is 0 Å². The van der Waals surface area contributed by atoms with Crippen LogP contribution < -0.4 is 5.32 Å². The first-order valence-electron chi connectivity index (χ1n) is 7.18. The fourth-order valence-corrected chi connectivity index (χ4v) is 2.77. The normalized spacial score (nSPS) is 10.9. The lowest BCUT2D eigenvalue weighted by molar-refractivity contribution is 0.0954. The Labute approximate surface area is 137 Å². The summed E-state index contributed by atoms with van der Waals surface area (Å²) in [6, 6.07) is 7.63. The Hall–Kier alpha value is -2.40. The number of fused-ring (bicyclic) bond motifs is 1. The van der Waals surface area contributed by atoms with Gasteiger partial charge in [0.25, 0.3) is 5.91 Å². The van der Waals surface area contributed by atoms with Crippen molar-refractivity contribution in [1.82, 2.24) is 14.9 Å². The quantitative estimate of drug-likeness (QED) is 0.797. The van der Waals surface area contributed by atoms with Gasteiger partial charge in [0, 0.05) is 31.4 Å². The van der Waals surface area contributed by atoms with Crippen LogP contribution in [0.15, 0.2) is 42.7 Å². The molecule has 0 unspecified atom stereocenters. The van der Waals surface area contributed by atoms with Gasteiger partial charge in [0.1, 0.15) is 11.5 Å². The van der Waals surface area contributed by atoms with Gasteiger partial charge in [-0.05, 0) is 42.3 Å². The average molecular weight is 332 g/mol. The maximum Gasteiger partial charge on any atom is 0.252 e. The molecule has 0 aliphatic rings. The van der Waals surface area contributed by atoms with Crippen molar-refractivity contribution >= 4 is 28.5 Å². The van der Waals surface area contributed by atoms with E-state index in [-0.39, 0.29) is 16.5 Å². The van der Waals surface area contributed by atoms with Crippen molar-refractivity contribution in [2.45, 2.75) is 6.42 Å². The summed E-state index contributed by atoms with van der Waals surface area (Å²) in [5, 5.41) is 4.07. The van der Waals surface area contributed by atoms with Gasteiger partial charge < -0.3 is 9.88 Å². The number of aryl methyl sites for hydroxylation is 1. The summed E-state index contributed by atoms with van der Waals surface area (Å²) in [5.41, 5.74) is 2.15. The van der Waals surface area contributed by atoms with E-state index in [4.69, 9.17) is 11.6 Å². The molecule has 0 fully saturated rings. The molecule has 0 spiro atoms. The predicted octanol–water partition coefficient (Wildman–Crippen LogP) is 3.34. The number of hydrogen-bond donors (Lipinski definition) is 1. The summed E-state index contributed by atoms with van der Waals surface area (Å²) in [7, 11) is 1.93. The minimum Gasteiger partial charge on any atom is -0.352 e. The van der Waals surface area contributed by atoms with Gasteiger partial charge in [-0.3, -0.25) is 4.79 Å². The number of hydrogen-bond acceptors (Lipinski definition) is 2. The summed E-state index contributed by atoms with van der Waals surface area (Å²) >= 11 is 5.93. The van der Waals surface area contributed by atoms with Gasteiger partial charge in [-0.15, -0.1) is 0 Å². The van der Waals surface area contributed by atoms with Gasteiger partial charge >= 0.3 is 0 Å². The second-order valence-corrected chi connectivity index (χ2v) is 5.68. The first-order valence-corrected chi connectivity index (χ1v) is 7.56. The van der Waals surface area contributed by atoms with Crippen LogP contribution in [0.2, 0.25) is 5.02 Å². The van der Waals surface area contributed by atoms with E-state index in [1.807, 2.05) is 29.9 Å². The molecule has 4 nitrogen and oxygen atoms in total. The number of nitrogens with one attached hydrogen (secondary N) is 1. The molecule has 0 bridgehead atoms. The maximum absolute atomic E-state index is 13.2. The van der Waals surface area contributed by atoms with Crippen molar-refractivity contribution < 1.29 is 9.18 Å². The van der Waals surface area contributed by atoms with Crippen LogP contribution in [-0.2, 0) is 13.5 Å². The van der Waals surface area contributed by atoms with E-state index < -0.39 is 5.82 Å². The van der Waals surface area contributed by atoms with Crippen LogP contribution in [0.4, 0.5) is 4.39 Å². The van der Waals surface area contributed by atoms with E-state index in [0.717, 1.165) is 22.7 Å². The highest BCUT2D eigenvalue weighted by Crippen LogP contribution is 2.19. The molecule has 118 valence electrons. The van der Waals surface area contributed by atoms with Gasteiger partial charge in [-0.1, -0.05) is 11.6 Å². The Balaban J connectivity index is 1.69. The Bertz CT molecular complexity index is 875. The molecular formula is C17H15ClFN3O. The summed E-state index contributed by atoms with van der Waals surface area (Å²) in [6.07, 6.45) is 4.40. The minimum atomic E-state index is -0.486. The number of pyridine rings is 1. The highest BCUT2D eigenvalue weighted by Gasteiger charge is 2.12. The van der Waals surface area contributed by atoms with Crippen LogP contribution >= 0.6 is 11.6 Å². The summed E-state index contributed by atoms with van der Waals surface area (Å²) in [6.45, 7) is 0.430. The number of aromatic nitrogens is 2. The lowest BCUT2D eigenvalue weighted by Gasteiger charge is -2.06.